The number of β-amino-alcohol motifs (C(OH)–C–C–N with tert-alkyl or cyclic N) is 1. The van der Waals surface area contributed by atoms with E-state index in [9.17, 15) is 5.11 Å². The molecule has 4 heteroatoms. The third-order valence-electron chi connectivity index (χ3n) is 4.10. The summed E-state index contributed by atoms with van der Waals surface area (Å²) in [6, 6.07) is 0.317. The molecule has 0 spiro atoms. The largest absolute Gasteiger partial charge is 0.390 e. The molecule has 0 radical (unpaired) electrons. The van der Waals surface area contributed by atoms with Crippen molar-refractivity contribution in [2.24, 2.45) is 0 Å². The molecular formula is C13H27N3O. The lowest BCUT2D eigenvalue weighted by molar-refractivity contribution is 0.0566. The SMILES string of the molecule is CN1CCN(CC(O)C2CCCCCN2)CC1. The van der Waals surface area contributed by atoms with E-state index in [1.165, 1.54) is 19.3 Å². The first-order valence-electron chi connectivity index (χ1n) is 7.08. The zero-order valence-corrected chi connectivity index (χ0v) is 11.1. The second kappa shape index (κ2) is 6.69. The zero-order chi connectivity index (χ0) is 12.1. The number of nitrogens with one attached hydrogen (secondary N) is 1. The highest BCUT2D eigenvalue weighted by atomic mass is 16.3. The lowest BCUT2D eigenvalue weighted by Gasteiger charge is -2.35. The number of nitrogens with zero attached hydrogens (tertiary/aromatic N) is 2. The van der Waals surface area contributed by atoms with E-state index >= 15 is 0 Å². The molecule has 2 unspecified atom stereocenters. The smallest absolute Gasteiger partial charge is 0.0819 e. The summed E-state index contributed by atoms with van der Waals surface area (Å²) < 4.78 is 0. The van der Waals surface area contributed by atoms with Gasteiger partial charge in [0.15, 0.2) is 0 Å². The van der Waals surface area contributed by atoms with E-state index in [4.69, 9.17) is 0 Å². The quantitative estimate of drug-likeness (QED) is 0.736. The van der Waals surface area contributed by atoms with Crippen molar-refractivity contribution in [3.8, 4) is 0 Å². The molecule has 0 aliphatic carbocycles. The monoisotopic (exact) mass is 241 g/mol. The lowest BCUT2D eigenvalue weighted by Crippen LogP contribution is -2.51. The Morgan fingerprint density at radius 1 is 1.18 bits per heavy atom. The minimum atomic E-state index is -0.198. The number of rotatable bonds is 3. The van der Waals surface area contributed by atoms with Crippen molar-refractivity contribution >= 4 is 0 Å². The molecule has 0 amide bonds. The molecule has 0 bridgehead atoms. The Kier molecular flexibility index (Phi) is 5.22. The van der Waals surface area contributed by atoms with Gasteiger partial charge in [0.2, 0.25) is 0 Å². The molecular weight excluding hydrogens is 214 g/mol. The van der Waals surface area contributed by atoms with Crippen molar-refractivity contribution < 1.29 is 5.11 Å². The Labute approximate surface area is 105 Å². The molecule has 0 aromatic rings. The van der Waals surface area contributed by atoms with Gasteiger partial charge < -0.3 is 15.3 Å². The second-order valence-electron chi connectivity index (χ2n) is 5.58. The number of hydrogen-bond acceptors (Lipinski definition) is 4. The Hall–Kier alpha value is -0.160. The van der Waals surface area contributed by atoms with E-state index in [2.05, 4.69) is 22.2 Å². The van der Waals surface area contributed by atoms with Crippen LogP contribution in [0.25, 0.3) is 0 Å². The van der Waals surface area contributed by atoms with Crippen molar-refractivity contribution in [2.75, 3.05) is 46.3 Å². The van der Waals surface area contributed by atoms with Crippen LogP contribution in [0, 0.1) is 0 Å². The molecule has 2 N–H and O–H groups in total. The standard InChI is InChI=1S/C13H27N3O/c1-15-7-9-16(10-8-15)11-13(17)12-5-3-2-4-6-14-12/h12-14,17H,2-11H2,1H3. The number of hydrogen-bond donors (Lipinski definition) is 2. The summed E-state index contributed by atoms with van der Waals surface area (Å²) in [5.74, 6) is 0. The van der Waals surface area contributed by atoms with Crippen LogP contribution in [0.15, 0.2) is 0 Å². The summed E-state index contributed by atoms with van der Waals surface area (Å²) in [6.45, 7) is 6.37. The Balaban J connectivity index is 1.73. The van der Waals surface area contributed by atoms with E-state index in [1.807, 2.05) is 0 Å². The molecule has 2 aliphatic heterocycles. The average molecular weight is 241 g/mol. The van der Waals surface area contributed by atoms with Gasteiger partial charge in [0, 0.05) is 38.8 Å². The molecule has 2 aliphatic rings. The number of piperazine rings is 1. The molecule has 2 saturated heterocycles. The minimum Gasteiger partial charge on any atom is -0.390 e. The maximum absolute atomic E-state index is 10.3. The highest BCUT2D eigenvalue weighted by Crippen LogP contribution is 2.12. The third kappa shape index (κ3) is 4.21. The maximum Gasteiger partial charge on any atom is 0.0819 e. The molecule has 4 nitrogen and oxygen atoms in total. The summed E-state index contributed by atoms with van der Waals surface area (Å²) in [4.78, 5) is 4.75. The topological polar surface area (TPSA) is 38.7 Å². The summed E-state index contributed by atoms with van der Waals surface area (Å²) in [6.07, 6.45) is 4.77. The molecule has 2 atom stereocenters. The van der Waals surface area contributed by atoms with Crippen LogP contribution < -0.4 is 5.32 Å². The number of aliphatic hydroxyl groups excluding tert-OH is 1. The molecule has 2 rings (SSSR count). The molecule has 0 aromatic carbocycles. The van der Waals surface area contributed by atoms with Gasteiger partial charge in [0.05, 0.1) is 6.10 Å². The molecule has 100 valence electrons. The first kappa shape index (κ1) is 13.3. The van der Waals surface area contributed by atoms with E-state index < -0.39 is 0 Å². The van der Waals surface area contributed by atoms with Crippen LogP contribution in [0.5, 0.6) is 0 Å². The summed E-state index contributed by atoms with van der Waals surface area (Å²) in [5, 5.41) is 13.8. The van der Waals surface area contributed by atoms with E-state index in [-0.39, 0.29) is 6.10 Å². The van der Waals surface area contributed by atoms with Gasteiger partial charge in [-0.3, -0.25) is 4.90 Å². The number of aliphatic hydroxyl groups is 1. The normalized spacial score (nSPS) is 31.1. The van der Waals surface area contributed by atoms with Crippen molar-refractivity contribution in [3.05, 3.63) is 0 Å². The van der Waals surface area contributed by atoms with Gasteiger partial charge in [0.25, 0.3) is 0 Å². The first-order chi connectivity index (χ1) is 8.25. The van der Waals surface area contributed by atoms with Crippen LogP contribution >= 0.6 is 0 Å². The van der Waals surface area contributed by atoms with Crippen LogP contribution in [0.2, 0.25) is 0 Å². The van der Waals surface area contributed by atoms with E-state index in [1.54, 1.807) is 0 Å². The van der Waals surface area contributed by atoms with Gasteiger partial charge in [-0.05, 0) is 26.4 Å². The summed E-state index contributed by atoms with van der Waals surface area (Å²) in [7, 11) is 2.17. The van der Waals surface area contributed by atoms with Crippen molar-refractivity contribution in [1.29, 1.82) is 0 Å². The van der Waals surface area contributed by atoms with Crippen molar-refractivity contribution in [2.45, 2.75) is 37.8 Å². The maximum atomic E-state index is 10.3. The number of likely N-dealkylation sites (N-methyl/N-ethyl adjacent to an activating group) is 1. The Morgan fingerprint density at radius 3 is 2.71 bits per heavy atom. The fourth-order valence-corrected chi connectivity index (χ4v) is 2.81. The lowest BCUT2D eigenvalue weighted by atomic mass is 10.0. The van der Waals surface area contributed by atoms with Crippen LogP contribution in [0.4, 0.5) is 0 Å². The summed E-state index contributed by atoms with van der Waals surface area (Å²) >= 11 is 0. The van der Waals surface area contributed by atoms with Gasteiger partial charge >= 0.3 is 0 Å². The van der Waals surface area contributed by atoms with Crippen LogP contribution in [-0.2, 0) is 0 Å². The van der Waals surface area contributed by atoms with Gasteiger partial charge in [-0.25, -0.2) is 0 Å². The molecule has 0 aromatic heterocycles. The predicted octanol–water partition coefficient (Wildman–Crippen LogP) is 0.127. The second-order valence-corrected chi connectivity index (χ2v) is 5.58. The minimum absolute atomic E-state index is 0.198. The van der Waals surface area contributed by atoms with E-state index in [0.717, 1.165) is 45.7 Å². The van der Waals surface area contributed by atoms with Crippen molar-refractivity contribution in [1.82, 2.24) is 15.1 Å². The molecule has 2 heterocycles. The highest BCUT2D eigenvalue weighted by Gasteiger charge is 2.23. The van der Waals surface area contributed by atoms with Gasteiger partial charge in [-0.2, -0.15) is 0 Å². The fraction of sp³-hybridized carbons (Fsp3) is 1.00. The van der Waals surface area contributed by atoms with Crippen LogP contribution in [0.1, 0.15) is 25.7 Å². The molecule has 2 fully saturated rings. The molecule has 0 saturated carbocycles. The molecule has 17 heavy (non-hydrogen) atoms. The first-order valence-corrected chi connectivity index (χ1v) is 7.08. The van der Waals surface area contributed by atoms with Crippen LogP contribution in [0.3, 0.4) is 0 Å². The third-order valence-corrected chi connectivity index (χ3v) is 4.10. The average Bonchev–Trinajstić information content (AvgIpc) is 2.61. The van der Waals surface area contributed by atoms with Gasteiger partial charge in [-0.15, -0.1) is 0 Å². The van der Waals surface area contributed by atoms with Crippen LogP contribution in [-0.4, -0.2) is 73.4 Å². The Bertz CT molecular complexity index is 209. The van der Waals surface area contributed by atoms with Crippen molar-refractivity contribution in [3.63, 3.8) is 0 Å². The van der Waals surface area contributed by atoms with E-state index in [0.29, 0.717) is 6.04 Å². The fourth-order valence-electron chi connectivity index (χ4n) is 2.81. The highest BCUT2D eigenvalue weighted by molar-refractivity contribution is 4.82. The van der Waals surface area contributed by atoms with Gasteiger partial charge in [-0.1, -0.05) is 12.8 Å². The summed E-state index contributed by atoms with van der Waals surface area (Å²) in [5.41, 5.74) is 0. The van der Waals surface area contributed by atoms with Gasteiger partial charge in [0.1, 0.15) is 0 Å². The zero-order valence-electron chi connectivity index (χ0n) is 11.1. The predicted molar refractivity (Wildman–Crippen MR) is 70.2 cm³/mol. The Morgan fingerprint density at radius 2 is 1.94 bits per heavy atom.